The van der Waals surface area contributed by atoms with Gasteiger partial charge in [-0.2, -0.15) is 0 Å². The number of nitrogens with one attached hydrogen (secondary N) is 2. The van der Waals surface area contributed by atoms with Crippen LogP contribution in [-0.4, -0.2) is 55.8 Å². The Bertz CT molecular complexity index is 991. The number of benzene rings is 2. The molecule has 0 bridgehead atoms. The van der Waals surface area contributed by atoms with Crippen molar-refractivity contribution in [3.63, 3.8) is 0 Å². The summed E-state index contributed by atoms with van der Waals surface area (Å²) in [6.07, 6.45) is 5.84. The number of para-hydroxylation sites is 1. The van der Waals surface area contributed by atoms with Gasteiger partial charge in [0.05, 0.1) is 13.7 Å². The minimum Gasteiger partial charge on any atom is -0.493 e. The number of hydrogen-bond donors (Lipinski definition) is 2. The van der Waals surface area contributed by atoms with Crippen LogP contribution in [0, 0.1) is 0 Å². The van der Waals surface area contributed by atoms with Gasteiger partial charge in [-0.1, -0.05) is 31.2 Å². The fourth-order valence-electron chi connectivity index (χ4n) is 4.93. The van der Waals surface area contributed by atoms with Crippen molar-refractivity contribution in [1.29, 1.82) is 0 Å². The second-order valence-electron chi connectivity index (χ2n) is 8.71. The van der Waals surface area contributed by atoms with Crippen LogP contribution < -0.4 is 14.8 Å². The highest BCUT2D eigenvalue weighted by atomic mass is 16.5. The van der Waals surface area contributed by atoms with Gasteiger partial charge >= 0.3 is 0 Å². The Labute approximate surface area is 192 Å². The highest BCUT2D eigenvalue weighted by Gasteiger charge is 2.23. The quantitative estimate of drug-likeness (QED) is 0.461. The summed E-state index contributed by atoms with van der Waals surface area (Å²) >= 11 is 0. The molecule has 5 heteroatoms. The van der Waals surface area contributed by atoms with Crippen molar-refractivity contribution in [3.05, 3.63) is 59.8 Å². The number of ether oxygens (including phenoxy) is 2. The summed E-state index contributed by atoms with van der Waals surface area (Å²) in [4.78, 5) is 6.06. The van der Waals surface area contributed by atoms with Gasteiger partial charge in [-0.15, -0.1) is 0 Å². The number of aromatic amines is 1. The summed E-state index contributed by atoms with van der Waals surface area (Å²) in [6, 6.07) is 15.5. The first-order valence-electron chi connectivity index (χ1n) is 12.1. The molecule has 2 heterocycles. The van der Waals surface area contributed by atoms with Gasteiger partial charge in [-0.25, -0.2) is 0 Å². The van der Waals surface area contributed by atoms with E-state index in [1.807, 2.05) is 13.0 Å². The van der Waals surface area contributed by atoms with Gasteiger partial charge in [-0.05, 0) is 75.1 Å². The topological polar surface area (TPSA) is 49.5 Å². The van der Waals surface area contributed by atoms with Crippen LogP contribution in [0.4, 0.5) is 0 Å². The molecule has 2 aromatic carbocycles. The molecule has 32 heavy (non-hydrogen) atoms. The van der Waals surface area contributed by atoms with E-state index in [2.05, 4.69) is 64.7 Å². The lowest BCUT2D eigenvalue weighted by Crippen LogP contribution is -2.43. The van der Waals surface area contributed by atoms with E-state index < -0.39 is 0 Å². The summed E-state index contributed by atoms with van der Waals surface area (Å²) in [5.74, 6) is 1.82. The Kier molecular flexibility index (Phi) is 7.72. The molecule has 172 valence electrons. The van der Waals surface area contributed by atoms with E-state index in [0.29, 0.717) is 12.6 Å². The standard InChI is InChI=1S/C27H37N3O2/c1-4-14-30-15-12-21(13-16-30)28-18-23(24-19-29-25-9-7-6-8-22(24)25)20-10-11-26(32-5-2)27(17-20)31-3/h6-11,17,19,21,23,28-29H,4-5,12-16,18H2,1-3H3. The molecule has 1 unspecified atom stereocenters. The number of aromatic nitrogens is 1. The molecule has 0 saturated carbocycles. The van der Waals surface area contributed by atoms with Gasteiger partial charge in [0.15, 0.2) is 11.5 Å². The summed E-state index contributed by atoms with van der Waals surface area (Å²) in [5, 5.41) is 5.18. The van der Waals surface area contributed by atoms with E-state index in [0.717, 1.165) is 18.0 Å². The van der Waals surface area contributed by atoms with Crippen LogP contribution in [0.5, 0.6) is 11.5 Å². The van der Waals surface area contributed by atoms with Gasteiger partial charge < -0.3 is 24.7 Å². The second kappa shape index (κ2) is 10.9. The SMILES string of the molecule is CCCN1CCC(NCC(c2ccc(OCC)c(OC)c2)c2c[nH]c3ccccc23)CC1. The fraction of sp³-hybridized carbons (Fsp3) is 0.481. The summed E-state index contributed by atoms with van der Waals surface area (Å²) < 4.78 is 11.4. The molecule has 0 aliphatic carbocycles. The zero-order valence-corrected chi connectivity index (χ0v) is 19.7. The van der Waals surface area contributed by atoms with Crippen LogP contribution in [0.15, 0.2) is 48.7 Å². The Balaban J connectivity index is 1.58. The molecule has 0 radical (unpaired) electrons. The van der Waals surface area contributed by atoms with Crippen molar-refractivity contribution in [2.75, 3.05) is 39.9 Å². The first-order chi connectivity index (χ1) is 15.7. The molecular formula is C27H37N3O2. The number of piperidine rings is 1. The van der Waals surface area contributed by atoms with E-state index in [4.69, 9.17) is 9.47 Å². The Morgan fingerprint density at radius 1 is 1.09 bits per heavy atom. The molecule has 1 fully saturated rings. The van der Waals surface area contributed by atoms with Crippen molar-refractivity contribution in [2.24, 2.45) is 0 Å². The fourth-order valence-corrected chi connectivity index (χ4v) is 4.93. The lowest BCUT2D eigenvalue weighted by Gasteiger charge is -2.33. The second-order valence-corrected chi connectivity index (χ2v) is 8.71. The number of nitrogens with zero attached hydrogens (tertiary/aromatic N) is 1. The summed E-state index contributed by atoms with van der Waals surface area (Å²) in [7, 11) is 1.71. The Morgan fingerprint density at radius 2 is 1.91 bits per heavy atom. The molecule has 1 atom stereocenters. The maximum absolute atomic E-state index is 5.76. The third-order valence-electron chi connectivity index (χ3n) is 6.62. The number of H-pyrrole nitrogens is 1. The van der Waals surface area contributed by atoms with E-state index in [1.165, 1.54) is 60.9 Å². The zero-order chi connectivity index (χ0) is 22.3. The van der Waals surface area contributed by atoms with Crippen LogP contribution in [0.1, 0.15) is 50.2 Å². The lowest BCUT2D eigenvalue weighted by molar-refractivity contribution is 0.198. The van der Waals surface area contributed by atoms with E-state index in [9.17, 15) is 0 Å². The Hall–Kier alpha value is -2.50. The largest absolute Gasteiger partial charge is 0.493 e. The highest BCUT2D eigenvalue weighted by molar-refractivity contribution is 5.84. The van der Waals surface area contributed by atoms with Gasteiger partial charge in [0.25, 0.3) is 0 Å². The van der Waals surface area contributed by atoms with E-state index in [-0.39, 0.29) is 5.92 Å². The third-order valence-corrected chi connectivity index (χ3v) is 6.62. The van der Waals surface area contributed by atoms with Crippen LogP contribution in [-0.2, 0) is 0 Å². The molecule has 0 spiro atoms. The lowest BCUT2D eigenvalue weighted by atomic mass is 9.90. The molecule has 1 aliphatic rings. The van der Waals surface area contributed by atoms with E-state index >= 15 is 0 Å². The molecule has 3 aromatic rings. The normalized spacial score (nSPS) is 16.3. The molecule has 4 rings (SSSR count). The Morgan fingerprint density at radius 3 is 2.66 bits per heavy atom. The third kappa shape index (κ3) is 5.11. The average Bonchev–Trinajstić information content (AvgIpc) is 3.25. The van der Waals surface area contributed by atoms with Crippen LogP contribution >= 0.6 is 0 Å². The van der Waals surface area contributed by atoms with Crippen LogP contribution in [0.25, 0.3) is 10.9 Å². The smallest absolute Gasteiger partial charge is 0.161 e. The monoisotopic (exact) mass is 435 g/mol. The number of rotatable bonds is 10. The number of fused-ring (bicyclic) bond motifs is 1. The minimum absolute atomic E-state index is 0.226. The van der Waals surface area contributed by atoms with Gasteiger partial charge in [-0.3, -0.25) is 0 Å². The van der Waals surface area contributed by atoms with Crippen molar-refractivity contribution in [1.82, 2.24) is 15.2 Å². The van der Waals surface area contributed by atoms with Crippen LogP contribution in [0.2, 0.25) is 0 Å². The van der Waals surface area contributed by atoms with Crippen LogP contribution in [0.3, 0.4) is 0 Å². The highest BCUT2D eigenvalue weighted by Crippen LogP contribution is 2.36. The molecular weight excluding hydrogens is 398 g/mol. The van der Waals surface area contributed by atoms with Gasteiger partial charge in [0.1, 0.15) is 0 Å². The molecule has 0 amide bonds. The molecule has 2 N–H and O–H groups in total. The summed E-state index contributed by atoms with van der Waals surface area (Å²) in [6.45, 7) is 9.40. The first kappa shape index (κ1) is 22.7. The van der Waals surface area contributed by atoms with Gasteiger partial charge in [0, 0.05) is 35.6 Å². The maximum Gasteiger partial charge on any atom is 0.161 e. The molecule has 1 saturated heterocycles. The molecule has 5 nitrogen and oxygen atoms in total. The molecule has 1 aromatic heterocycles. The van der Waals surface area contributed by atoms with E-state index in [1.54, 1.807) is 7.11 Å². The predicted molar refractivity (Wildman–Crippen MR) is 132 cm³/mol. The average molecular weight is 436 g/mol. The zero-order valence-electron chi connectivity index (χ0n) is 19.7. The predicted octanol–water partition coefficient (Wildman–Crippen LogP) is 5.17. The van der Waals surface area contributed by atoms with Crippen molar-refractivity contribution >= 4 is 10.9 Å². The van der Waals surface area contributed by atoms with Crippen molar-refractivity contribution < 1.29 is 9.47 Å². The summed E-state index contributed by atoms with van der Waals surface area (Å²) in [5.41, 5.74) is 3.74. The van der Waals surface area contributed by atoms with Crippen molar-refractivity contribution in [2.45, 2.75) is 45.1 Å². The number of methoxy groups -OCH3 is 1. The number of hydrogen-bond acceptors (Lipinski definition) is 4. The number of likely N-dealkylation sites (tertiary alicyclic amines) is 1. The minimum atomic E-state index is 0.226. The molecule has 1 aliphatic heterocycles. The van der Waals surface area contributed by atoms with Crippen molar-refractivity contribution in [3.8, 4) is 11.5 Å². The van der Waals surface area contributed by atoms with Gasteiger partial charge in [0.2, 0.25) is 0 Å². The first-order valence-corrected chi connectivity index (χ1v) is 12.1. The maximum atomic E-state index is 5.76.